The Labute approximate surface area is 141 Å². The molecule has 0 aliphatic rings. The first-order valence-corrected chi connectivity index (χ1v) is 7.24. The molecule has 0 saturated carbocycles. The first-order chi connectivity index (χ1) is 11.5. The number of allylic oxidation sites excluding steroid dienone is 1. The molecule has 3 aromatic rings. The van der Waals surface area contributed by atoms with Crippen LogP contribution in [0.5, 0.6) is 0 Å². The van der Waals surface area contributed by atoms with Crippen LogP contribution in [0.1, 0.15) is 15.9 Å². The molecular formula is C17H10ClF2N3O. The average Bonchev–Trinajstić information content (AvgIpc) is 3.08. The van der Waals surface area contributed by atoms with E-state index in [-0.39, 0.29) is 11.3 Å². The molecule has 0 N–H and O–H groups in total. The zero-order chi connectivity index (χ0) is 17.1. The second-order valence-electron chi connectivity index (χ2n) is 4.87. The van der Waals surface area contributed by atoms with Crippen molar-refractivity contribution in [1.29, 1.82) is 0 Å². The second kappa shape index (κ2) is 6.72. The topological polar surface area (TPSA) is 47.8 Å². The molecular weight excluding hydrogens is 336 g/mol. The van der Waals surface area contributed by atoms with Gasteiger partial charge in [0.25, 0.3) is 0 Å². The molecule has 0 radical (unpaired) electrons. The van der Waals surface area contributed by atoms with Gasteiger partial charge in [-0.15, -0.1) is 0 Å². The highest BCUT2D eigenvalue weighted by Gasteiger charge is 2.19. The van der Waals surface area contributed by atoms with Gasteiger partial charge in [0.2, 0.25) is 5.78 Å². The van der Waals surface area contributed by atoms with E-state index >= 15 is 0 Å². The second-order valence-corrected chi connectivity index (χ2v) is 5.31. The largest absolute Gasteiger partial charge is 0.287 e. The van der Waals surface area contributed by atoms with Crippen molar-refractivity contribution in [1.82, 2.24) is 14.8 Å². The molecule has 0 saturated heterocycles. The van der Waals surface area contributed by atoms with Crippen molar-refractivity contribution < 1.29 is 13.6 Å². The zero-order valence-corrected chi connectivity index (χ0v) is 12.9. The number of aromatic nitrogens is 3. The van der Waals surface area contributed by atoms with E-state index in [1.807, 2.05) is 0 Å². The van der Waals surface area contributed by atoms with Crippen molar-refractivity contribution in [2.45, 2.75) is 0 Å². The smallest absolute Gasteiger partial charge is 0.214 e. The Kier molecular flexibility index (Phi) is 4.48. The number of carbonyl (C=O) groups excluding carboxylic acids is 1. The molecule has 120 valence electrons. The summed E-state index contributed by atoms with van der Waals surface area (Å²) < 4.78 is 28.2. The van der Waals surface area contributed by atoms with Gasteiger partial charge >= 0.3 is 0 Å². The molecule has 24 heavy (non-hydrogen) atoms. The number of ketones is 1. The third-order valence-corrected chi connectivity index (χ3v) is 3.50. The van der Waals surface area contributed by atoms with Gasteiger partial charge in [0.15, 0.2) is 0 Å². The van der Waals surface area contributed by atoms with Crippen LogP contribution < -0.4 is 0 Å². The highest BCUT2D eigenvalue weighted by molar-refractivity contribution is 6.30. The fourth-order valence-electron chi connectivity index (χ4n) is 2.10. The lowest BCUT2D eigenvalue weighted by atomic mass is 10.1. The molecule has 3 rings (SSSR count). The number of nitrogens with zero attached hydrogens (tertiary/aromatic N) is 3. The normalized spacial score (nSPS) is 11.5. The van der Waals surface area contributed by atoms with Gasteiger partial charge in [-0.05, 0) is 35.9 Å². The Hall–Kier alpha value is -2.86. The third-order valence-electron chi connectivity index (χ3n) is 3.25. The lowest BCUT2D eigenvalue weighted by Gasteiger charge is -2.08. The van der Waals surface area contributed by atoms with Crippen LogP contribution in [0.25, 0.3) is 11.8 Å². The number of rotatable bonds is 4. The molecule has 0 amide bonds. The molecule has 0 bridgehead atoms. The fourth-order valence-corrected chi connectivity index (χ4v) is 2.22. The van der Waals surface area contributed by atoms with Crippen molar-refractivity contribution >= 4 is 29.2 Å². The third kappa shape index (κ3) is 3.38. The van der Waals surface area contributed by atoms with E-state index in [1.165, 1.54) is 23.4 Å². The summed E-state index contributed by atoms with van der Waals surface area (Å²) >= 11 is 5.84. The van der Waals surface area contributed by atoms with E-state index in [0.29, 0.717) is 16.7 Å². The molecule has 0 unspecified atom stereocenters. The predicted molar refractivity (Wildman–Crippen MR) is 86.3 cm³/mol. The first kappa shape index (κ1) is 16.0. The van der Waals surface area contributed by atoms with Crippen LogP contribution in [0, 0.1) is 11.6 Å². The number of halogens is 3. The fraction of sp³-hybridized carbons (Fsp3) is 0. The van der Waals surface area contributed by atoms with Crippen LogP contribution in [0.3, 0.4) is 0 Å². The lowest BCUT2D eigenvalue weighted by Crippen LogP contribution is -2.12. The highest BCUT2D eigenvalue weighted by Crippen LogP contribution is 2.20. The van der Waals surface area contributed by atoms with E-state index in [0.717, 1.165) is 12.1 Å². The minimum Gasteiger partial charge on any atom is -0.287 e. The average molecular weight is 346 g/mol. The van der Waals surface area contributed by atoms with Gasteiger partial charge in [-0.2, -0.15) is 5.10 Å². The summed E-state index contributed by atoms with van der Waals surface area (Å²) in [7, 11) is 0. The molecule has 0 aliphatic carbocycles. The van der Waals surface area contributed by atoms with E-state index in [2.05, 4.69) is 10.1 Å². The minimum absolute atomic E-state index is 0.0698. The molecule has 0 spiro atoms. The number of benzene rings is 2. The Bertz CT molecular complexity index is 906. The predicted octanol–water partition coefficient (Wildman–Crippen LogP) is 4.09. The first-order valence-electron chi connectivity index (χ1n) is 6.86. The summed E-state index contributed by atoms with van der Waals surface area (Å²) in [4.78, 5) is 16.5. The van der Waals surface area contributed by atoms with Gasteiger partial charge in [0.05, 0.1) is 5.56 Å². The van der Waals surface area contributed by atoms with Crippen molar-refractivity contribution in [2.24, 2.45) is 0 Å². The molecule has 0 aliphatic heterocycles. The Morgan fingerprint density at radius 1 is 1.12 bits per heavy atom. The quantitative estimate of drug-likeness (QED) is 0.528. The Morgan fingerprint density at radius 2 is 1.88 bits per heavy atom. The van der Waals surface area contributed by atoms with Crippen molar-refractivity contribution in [3.63, 3.8) is 0 Å². The van der Waals surface area contributed by atoms with E-state index in [4.69, 9.17) is 11.6 Å². The van der Waals surface area contributed by atoms with Crippen molar-refractivity contribution in [3.05, 3.63) is 82.9 Å². The standard InChI is InChI=1S/C17H10ClF2N3O/c18-12-3-1-11(2-4-12)7-16(23-10-21-9-22-23)17(24)14-6-5-13(19)8-15(14)20/h1-10H/b16-7-. The van der Waals surface area contributed by atoms with Crippen molar-refractivity contribution in [3.8, 4) is 0 Å². The lowest BCUT2D eigenvalue weighted by molar-refractivity contribution is 0.104. The SMILES string of the molecule is O=C(/C(=C/c1ccc(Cl)cc1)n1cncn1)c1ccc(F)cc1F. The maximum Gasteiger partial charge on any atom is 0.214 e. The monoisotopic (exact) mass is 345 g/mol. The molecule has 4 nitrogen and oxygen atoms in total. The van der Waals surface area contributed by atoms with E-state index in [9.17, 15) is 13.6 Å². The van der Waals surface area contributed by atoms with Gasteiger partial charge in [0.1, 0.15) is 30.0 Å². The van der Waals surface area contributed by atoms with Gasteiger partial charge in [-0.3, -0.25) is 4.79 Å². The maximum atomic E-state index is 13.9. The van der Waals surface area contributed by atoms with Crippen LogP contribution in [0.4, 0.5) is 8.78 Å². The van der Waals surface area contributed by atoms with Crippen LogP contribution in [-0.4, -0.2) is 20.5 Å². The summed E-state index contributed by atoms with van der Waals surface area (Å²) in [5.74, 6) is -2.34. The van der Waals surface area contributed by atoms with Gasteiger partial charge in [-0.1, -0.05) is 23.7 Å². The summed E-state index contributed by atoms with van der Waals surface area (Å²) in [5.41, 5.74) is 0.480. The molecule has 0 fully saturated rings. The van der Waals surface area contributed by atoms with Crippen molar-refractivity contribution in [2.75, 3.05) is 0 Å². The van der Waals surface area contributed by atoms with Gasteiger partial charge in [-0.25, -0.2) is 18.4 Å². The van der Waals surface area contributed by atoms with Crippen LogP contribution >= 0.6 is 11.6 Å². The van der Waals surface area contributed by atoms with E-state index in [1.54, 1.807) is 24.3 Å². The summed E-state index contributed by atoms with van der Waals surface area (Å²) in [6, 6.07) is 9.51. The molecule has 2 aromatic carbocycles. The van der Waals surface area contributed by atoms with Crippen LogP contribution in [-0.2, 0) is 0 Å². The Balaban J connectivity index is 2.08. The summed E-state index contributed by atoms with van der Waals surface area (Å²) in [6.07, 6.45) is 4.10. The minimum atomic E-state index is -0.942. The van der Waals surface area contributed by atoms with Crippen LogP contribution in [0.15, 0.2) is 55.1 Å². The molecule has 7 heteroatoms. The van der Waals surface area contributed by atoms with Gasteiger partial charge in [0, 0.05) is 11.1 Å². The molecule has 1 aromatic heterocycles. The number of Topliss-reactive ketones (excluding diaryl/α,β-unsaturated/α-hetero) is 1. The molecule has 1 heterocycles. The maximum absolute atomic E-state index is 13.9. The number of hydrogen-bond acceptors (Lipinski definition) is 3. The highest BCUT2D eigenvalue weighted by atomic mass is 35.5. The summed E-state index contributed by atoms with van der Waals surface area (Å²) in [6.45, 7) is 0. The zero-order valence-electron chi connectivity index (χ0n) is 12.2. The number of hydrogen-bond donors (Lipinski definition) is 0. The number of carbonyl (C=O) groups is 1. The Morgan fingerprint density at radius 3 is 2.50 bits per heavy atom. The van der Waals surface area contributed by atoms with E-state index < -0.39 is 17.4 Å². The van der Waals surface area contributed by atoms with Gasteiger partial charge < -0.3 is 0 Å². The molecule has 0 atom stereocenters. The van der Waals surface area contributed by atoms with Crippen LogP contribution in [0.2, 0.25) is 5.02 Å². The summed E-state index contributed by atoms with van der Waals surface area (Å²) in [5, 5.41) is 4.46.